The second-order valence-electron chi connectivity index (χ2n) is 32.4. The van der Waals surface area contributed by atoms with Crippen molar-refractivity contribution >= 4 is 103 Å². The number of carboxylic acid groups (broad SMARTS) is 1. The summed E-state index contributed by atoms with van der Waals surface area (Å²) in [6, 6.07) is 58.4. The summed E-state index contributed by atoms with van der Waals surface area (Å²) in [5.41, 5.74) is 18.9. The van der Waals surface area contributed by atoms with Crippen LogP contribution in [0.1, 0.15) is 194 Å². The number of nitrogens with one attached hydrogen (secondary N) is 3. The van der Waals surface area contributed by atoms with Crippen LogP contribution in [-0.2, 0) is 52.3 Å². The fourth-order valence-electron chi connectivity index (χ4n) is 16.6. The van der Waals surface area contributed by atoms with E-state index in [1.54, 1.807) is 43.5 Å². The molecule has 0 spiro atoms. The molecule has 29 heteroatoms. The standard InChI is InChI=1S/C24H23NO2.C23H22N2O2.C14H17NO2.C9H7BrO2.C9H9ClO2.C9H7NO.C9H8O2.C5H11N.C2H4O2.CH2O3.2K.Na.H/c26-23-21-10-6-8-19(16-25-13-4-1-5-14-25)24(21)27-22(23)15-18-12-11-17-7-2-3-9-20(17)18;26-22-20-7-3-5-18(15-25-12-10-24-11-13-25)23(20)27-21(22)14-17-9-8-16-4-1-2-6-19(16)17;16-13-10-17-14-11(5-4-6-12(13)14)9-15-7-2-1-3-8-15;10-4-6-2-1-3-7-8(11)5-12-9(6)7;1-6-3-2-4-7(9(6)12)8(11)5-10;11-6-7-5-10-9-4-2-1-3-8(7)9;1-6-3-2-4-7-8(10)5-11-9(6)7;1-2-4-6-5-3-1;1-2(3)4;2-1-4-3;;;;/h2-3,6-10,12,15H,1,4-5,11,13-14,16H2;1-7,9,14,24H,8,10-13,15H2;4-6H,1-3,7-10H2;1-3H,4-5H2;2-4,12H,5H2,1H3;1-6,10H;2-4H,5H2,1H3;6H,1-5H2;1H3,(H,3,4);1,3H;;;;/q;;;;;;;;;;3*+1;-1/p-2/b22-15-;21-14-;;;;;;;;;;;;. The molecule has 21 rings (SSSR count). The van der Waals surface area contributed by atoms with E-state index in [2.05, 4.69) is 118 Å². The van der Waals surface area contributed by atoms with Crippen molar-refractivity contribution in [3.05, 3.63) is 319 Å². The van der Waals surface area contributed by atoms with Crippen LogP contribution < -0.4 is 177 Å². The van der Waals surface area contributed by atoms with Crippen LogP contribution in [0.25, 0.3) is 22.0 Å². The van der Waals surface area contributed by atoms with E-state index in [0.29, 0.717) is 39.3 Å². The summed E-state index contributed by atoms with van der Waals surface area (Å²) in [5, 5.41) is 35.1. The number of Topliss-reactive ketones (excluding diaryl/α,β-unsaturated/α-hetero) is 6. The number of aromatic nitrogens is 1. The first-order valence-electron chi connectivity index (χ1n) is 44.2. The zero-order valence-corrected chi connectivity index (χ0v) is 87.4. The number of carbonyl (C=O) groups is 9. The summed E-state index contributed by atoms with van der Waals surface area (Å²) in [5.74, 6) is 3.55. The van der Waals surface area contributed by atoms with E-state index in [0.717, 1.165) is 199 Å². The fourth-order valence-corrected chi connectivity index (χ4v) is 17.2. The van der Waals surface area contributed by atoms with Gasteiger partial charge in [0.2, 0.25) is 28.9 Å². The van der Waals surface area contributed by atoms with Crippen LogP contribution in [0.4, 0.5) is 0 Å². The molecule has 9 aromatic carbocycles. The van der Waals surface area contributed by atoms with Gasteiger partial charge in [-0.2, -0.15) is 0 Å². The first-order valence-corrected chi connectivity index (χ1v) is 45.9. The number of allylic oxidation sites excluding steroid dienone is 8. The van der Waals surface area contributed by atoms with Crippen LogP contribution in [-0.4, -0.2) is 169 Å². The van der Waals surface area contributed by atoms with Gasteiger partial charge in [0, 0.05) is 102 Å². The number of ketones is 6. The number of piperidine rings is 3. The van der Waals surface area contributed by atoms with Crippen LogP contribution in [0, 0.1) is 13.8 Å². The number of ether oxygens (including phenoxy) is 5. The Labute approximate surface area is 904 Å². The Morgan fingerprint density at radius 2 is 0.881 bits per heavy atom. The largest absolute Gasteiger partial charge is 1.00 e. The summed E-state index contributed by atoms with van der Waals surface area (Å²) in [6.45, 7) is 18.8. The normalized spacial score (nSPS) is 16.4. The molecule has 684 valence electrons. The van der Waals surface area contributed by atoms with Gasteiger partial charge in [-0.25, -0.2) is 0 Å². The van der Waals surface area contributed by atoms with Crippen molar-refractivity contribution in [3.63, 3.8) is 0 Å². The molecule has 24 nitrogen and oxygen atoms in total. The predicted molar refractivity (Wildman–Crippen MR) is 505 cm³/mol. The van der Waals surface area contributed by atoms with Gasteiger partial charge in [0.15, 0.2) is 43.4 Å². The molecule has 0 saturated carbocycles. The quantitative estimate of drug-likeness (QED) is 0.0170. The number of hydrogen-bond acceptors (Lipinski definition) is 23. The molecule has 9 aliphatic heterocycles. The van der Waals surface area contributed by atoms with Crippen molar-refractivity contribution in [3.8, 4) is 34.5 Å². The number of nitrogens with zero attached hydrogens (tertiary/aromatic N) is 3. The maximum Gasteiger partial charge on any atom is 1.00 e. The molecule has 0 bridgehead atoms. The first-order chi connectivity index (χ1) is 63.8. The third kappa shape index (κ3) is 30.4. The smallest absolute Gasteiger partial charge is 1.00 e. The number of para-hydroxylation sites is 7. The van der Waals surface area contributed by atoms with Gasteiger partial charge in [-0.1, -0.05) is 187 Å². The van der Waals surface area contributed by atoms with Gasteiger partial charge in [0.05, 0.1) is 39.3 Å². The number of rotatable bonds is 13. The molecule has 11 aliphatic rings. The van der Waals surface area contributed by atoms with Crippen LogP contribution in [0.5, 0.6) is 34.5 Å². The van der Waals surface area contributed by atoms with Crippen molar-refractivity contribution in [1.82, 2.24) is 30.3 Å². The molecule has 0 amide bonds. The Bertz CT molecular complexity index is 5730. The van der Waals surface area contributed by atoms with Crippen molar-refractivity contribution < 1.29 is 221 Å². The minimum Gasteiger partial charge on any atom is -1.00 e. The van der Waals surface area contributed by atoms with E-state index in [4.69, 9.17) is 55.2 Å². The number of alkyl halides is 2. The molecule has 10 heterocycles. The Morgan fingerprint density at radius 3 is 1.33 bits per heavy atom. The summed E-state index contributed by atoms with van der Waals surface area (Å²) < 4.78 is 28.2. The molecular formula is C105H109BrClK2N6NaO18. The minimum atomic E-state index is -1.08. The van der Waals surface area contributed by atoms with Crippen LogP contribution >= 0.6 is 27.5 Å². The van der Waals surface area contributed by atoms with Crippen molar-refractivity contribution in [2.24, 2.45) is 0 Å². The van der Waals surface area contributed by atoms with Gasteiger partial charge in [-0.3, -0.25) is 53.1 Å². The number of carboxylic acids is 1. The Balaban J connectivity index is 0.000000193. The second-order valence-corrected chi connectivity index (χ2v) is 33.3. The third-order valence-electron chi connectivity index (χ3n) is 23.3. The number of aliphatic carboxylic acids is 1. The van der Waals surface area contributed by atoms with E-state index in [1.807, 2.05) is 116 Å². The molecule has 4 fully saturated rings. The van der Waals surface area contributed by atoms with Gasteiger partial charge >= 0.3 is 132 Å². The molecular weight excluding hydrogens is 1850 g/mol. The van der Waals surface area contributed by atoms with Crippen molar-refractivity contribution in [1.29, 1.82) is 0 Å². The Kier molecular flexibility index (Phi) is 46.2. The fraction of sp³-hybridized carbons (Fsp3) is 0.305. The van der Waals surface area contributed by atoms with E-state index in [-0.39, 0.29) is 206 Å². The summed E-state index contributed by atoms with van der Waals surface area (Å²) in [6.07, 6.45) is 24.5. The number of piperazine rings is 1. The number of hydrogen-bond donors (Lipinski definition) is 4. The number of benzene rings is 9. The average Bonchev–Trinajstić information content (AvgIpc) is 1.63. The zero-order valence-electron chi connectivity index (χ0n) is 77.9. The monoisotopic (exact) mass is 1960 g/mol. The number of aldehydes is 1. The van der Waals surface area contributed by atoms with E-state index in [9.17, 15) is 38.7 Å². The van der Waals surface area contributed by atoms with Crippen LogP contribution in [0.15, 0.2) is 224 Å². The molecule has 0 radical (unpaired) electrons. The third-order valence-corrected chi connectivity index (χ3v) is 24.2. The number of aryl methyl sites for hydroxylation is 2. The number of fused-ring (bicyclic) bond motifs is 8. The average molecular weight is 1960 g/mol. The molecule has 4 N–H and O–H groups in total. The zero-order chi connectivity index (χ0) is 92.5. The number of phenolic OH excluding ortho intramolecular Hbond substituents is 1. The molecule has 10 aromatic rings. The Morgan fingerprint density at radius 1 is 0.493 bits per heavy atom. The summed E-state index contributed by atoms with van der Waals surface area (Å²) in [7, 11) is 0. The minimum absolute atomic E-state index is 0. The van der Waals surface area contributed by atoms with E-state index in [1.165, 1.54) is 93.1 Å². The topological polar surface area (TPSA) is 325 Å². The first kappa shape index (κ1) is 109. The van der Waals surface area contributed by atoms with Gasteiger partial charge < -0.3 is 65.9 Å². The van der Waals surface area contributed by atoms with Gasteiger partial charge in [0.1, 0.15) is 34.5 Å². The maximum absolute atomic E-state index is 12.9. The van der Waals surface area contributed by atoms with Gasteiger partial charge in [-0.15, -0.1) is 11.6 Å². The molecule has 1 aromatic heterocycles. The van der Waals surface area contributed by atoms with Crippen molar-refractivity contribution in [2.75, 3.05) is 91.1 Å². The number of H-pyrrole nitrogens is 1. The number of aromatic amines is 1. The number of phenols is 1. The number of aromatic hydroxyl groups is 1. The SMILES string of the molecule is C1CCNCC1.CC(=O)[O-].Cc1cccc(C(=O)CCl)c1O.Cc1cccc2c1OCC2=O.O=C1/C(=C/C2=CCc3ccccc32)Oc2c(CN3CCCCC3)cccc21.O=C1/C(=C/C2=CCc3ccccc32)Oc2c(CN3CCNCC3)cccc21.O=C1COc2c(CBr)cccc21.O=C1COc2c(CN3CCCCC3)cccc21.O=CO[O-].O=Cc1c[nH]c2ccccc12.[H-].[K+].[K+].[Na+]. The molecule has 134 heavy (non-hydrogen) atoms. The Hall–Kier alpha value is -8.29. The summed E-state index contributed by atoms with van der Waals surface area (Å²) in [4.78, 5) is 112. The molecule has 4 saturated heterocycles. The van der Waals surface area contributed by atoms with Gasteiger partial charge in [0.25, 0.3) is 6.47 Å². The molecule has 2 aliphatic carbocycles. The van der Waals surface area contributed by atoms with E-state index >= 15 is 0 Å². The van der Waals surface area contributed by atoms with E-state index < -0.39 is 5.97 Å². The van der Waals surface area contributed by atoms with Crippen LogP contribution in [0.2, 0.25) is 0 Å². The maximum atomic E-state index is 12.9. The molecule has 0 atom stereocenters. The number of halogens is 2. The van der Waals surface area contributed by atoms with Crippen molar-refractivity contribution in [2.45, 2.75) is 116 Å². The number of carbonyl (C=O) groups excluding carboxylic acids is 9. The molecule has 0 unspecified atom stereocenters. The van der Waals surface area contributed by atoms with Gasteiger partial charge in [-0.05, 0) is 211 Å². The predicted octanol–water partition coefficient (Wildman–Crippen LogP) is 7.11. The van der Waals surface area contributed by atoms with Crippen LogP contribution in [0.3, 0.4) is 0 Å². The summed E-state index contributed by atoms with van der Waals surface area (Å²) >= 11 is 8.69. The second kappa shape index (κ2) is 56.6. The number of likely N-dealkylation sites (tertiary alicyclic amines) is 2.